The lowest BCUT2D eigenvalue weighted by Gasteiger charge is -2.36. The molecule has 1 unspecified atom stereocenters. The Morgan fingerprint density at radius 3 is 2.66 bits per heavy atom. The van der Waals surface area contributed by atoms with Crippen LogP contribution in [0.1, 0.15) is 41.3 Å². The number of likely N-dealkylation sites (tertiary alicyclic amines) is 1. The van der Waals surface area contributed by atoms with Crippen LogP contribution in [0.2, 0.25) is 0 Å². The molecule has 1 atom stereocenters. The Hall–Kier alpha value is -4.12. The molecule has 0 aliphatic carbocycles. The predicted molar refractivity (Wildman–Crippen MR) is 139 cm³/mol. The number of nitrogens with one attached hydrogen (secondary N) is 1. The normalized spacial score (nSPS) is 19.5. The van der Waals surface area contributed by atoms with Gasteiger partial charge in [-0.1, -0.05) is 12.1 Å². The Morgan fingerprint density at radius 1 is 1.24 bits per heavy atom. The molecular weight excluding hydrogens is 497 g/mol. The van der Waals surface area contributed by atoms with Crippen molar-refractivity contribution in [3.63, 3.8) is 0 Å². The zero-order valence-corrected chi connectivity index (χ0v) is 20.8. The van der Waals surface area contributed by atoms with Gasteiger partial charge in [-0.15, -0.1) is 0 Å². The summed E-state index contributed by atoms with van der Waals surface area (Å²) in [7, 11) is 0. The van der Waals surface area contributed by atoms with Gasteiger partial charge >= 0.3 is 6.18 Å². The van der Waals surface area contributed by atoms with E-state index in [1.54, 1.807) is 30.5 Å². The zero-order chi connectivity index (χ0) is 27.3. The number of aliphatic imine (C=N–C) groups is 2. The fourth-order valence-electron chi connectivity index (χ4n) is 4.49. The first kappa shape index (κ1) is 26.9. The van der Waals surface area contributed by atoms with E-state index >= 15 is 0 Å². The molecule has 2 aliphatic rings. The fraction of sp³-hybridized carbons (Fsp3) is 0.296. The van der Waals surface area contributed by atoms with E-state index in [0.29, 0.717) is 24.5 Å². The van der Waals surface area contributed by atoms with Crippen molar-refractivity contribution >= 4 is 36.1 Å². The first-order chi connectivity index (χ1) is 18.2. The van der Waals surface area contributed by atoms with Crippen LogP contribution in [0.4, 0.5) is 19.0 Å². The average molecular weight is 525 g/mol. The molecule has 0 radical (unpaired) electrons. The van der Waals surface area contributed by atoms with E-state index < -0.39 is 17.6 Å². The second-order valence-corrected chi connectivity index (χ2v) is 9.05. The summed E-state index contributed by atoms with van der Waals surface area (Å²) in [5.41, 5.74) is 2.06. The minimum atomic E-state index is -4.54. The average Bonchev–Trinajstić information content (AvgIpc) is 2.90. The summed E-state index contributed by atoms with van der Waals surface area (Å²) in [6.07, 6.45) is 2.85. The molecule has 4 rings (SSSR count). The van der Waals surface area contributed by atoms with E-state index in [4.69, 9.17) is 0 Å². The number of nitrogens with zero attached hydrogens (tertiary/aromatic N) is 5. The molecule has 2 aromatic rings. The first-order valence-electron chi connectivity index (χ1n) is 12.0. The van der Waals surface area contributed by atoms with Gasteiger partial charge in [-0.25, -0.2) is 4.98 Å². The van der Waals surface area contributed by atoms with E-state index in [0.717, 1.165) is 55.4 Å². The number of piperidine rings is 1. The van der Waals surface area contributed by atoms with E-state index in [-0.39, 0.29) is 17.3 Å². The quantitative estimate of drug-likeness (QED) is 0.414. The van der Waals surface area contributed by atoms with Gasteiger partial charge in [-0.2, -0.15) is 13.2 Å². The summed E-state index contributed by atoms with van der Waals surface area (Å²) in [5, 5.41) is 2.40. The molecule has 0 spiro atoms. The zero-order valence-electron chi connectivity index (χ0n) is 20.8. The van der Waals surface area contributed by atoms with Gasteiger partial charge in [-0.05, 0) is 57.3 Å². The van der Waals surface area contributed by atoms with Crippen LogP contribution in [0.15, 0.2) is 70.7 Å². The second kappa shape index (κ2) is 11.5. The van der Waals surface area contributed by atoms with Crippen molar-refractivity contribution in [2.24, 2.45) is 15.9 Å². The summed E-state index contributed by atoms with van der Waals surface area (Å²) < 4.78 is 38.9. The third-order valence-electron chi connectivity index (χ3n) is 6.36. The molecule has 2 aliphatic heterocycles. The Kier molecular flexibility index (Phi) is 8.16. The van der Waals surface area contributed by atoms with Crippen molar-refractivity contribution in [2.75, 3.05) is 25.1 Å². The van der Waals surface area contributed by atoms with Crippen molar-refractivity contribution in [1.29, 1.82) is 0 Å². The molecule has 1 amide bonds. The van der Waals surface area contributed by atoms with Gasteiger partial charge in [0.1, 0.15) is 12.1 Å². The number of anilines is 1. The Balaban J connectivity index is 1.55. The highest BCUT2D eigenvalue weighted by Crippen LogP contribution is 2.30. The number of pyridine rings is 1. The highest BCUT2D eigenvalue weighted by molar-refractivity contribution is 6.06. The van der Waals surface area contributed by atoms with Crippen LogP contribution in [0, 0.1) is 5.92 Å². The van der Waals surface area contributed by atoms with Crippen molar-refractivity contribution < 1.29 is 22.8 Å². The van der Waals surface area contributed by atoms with Crippen LogP contribution in [0.25, 0.3) is 5.70 Å². The fourth-order valence-corrected chi connectivity index (χ4v) is 4.49. The molecule has 3 heterocycles. The third-order valence-corrected chi connectivity index (χ3v) is 6.36. The molecule has 198 valence electrons. The third kappa shape index (κ3) is 6.23. The number of aromatic nitrogens is 1. The Morgan fingerprint density at radius 2 is 1.97 bits per heavy atom. The van der Waals surface area contributed by atoms with Crippen molar-refractivity contribution in [3.8, 4) is 0 Å². The van der Waals surface area contributed by atoms with Crippen LogP contribution in [-0.4, -0.2) is 59.2 Å². The van der Waals surface area contributed by atoms with Gasteiger partial charge in [0.2, 0.25) is 0 Å². The molecule has 1 aromatic carbocycles. The van der Waals surface area contributed by atoms with E-state index in [1.807, 2.05) is 18.0 Å². The maximum Gasteiger partial charge on any atom is 0.416 e. The molecule has 8 nitrogen and oxygen atoms in total. The number of benzene rings is 1. The number of hydrogen-bond donors (Lipinski definition) is 1. The van der Waals surface area contributed by atoms with Gasteiger partial charge in [0.15, 0.2) is 0 Å². The number of rotatable bonds is 7. The van der Waals surface area contributed by atoms with Gasteiger partial charge in [-0.3, -0.25) is 19.7 Å². The highest BCUT2D eigenvalue weighted by Gasteiger charge is 2.31. The van der Waals surface area contributed by atoms with Crippen molar-refractivity contribution in [2.45, 2.75) is 25.9 Å². The van der Waals surface area contributed by atoms with E-state index in [1.165, 1.54) is 0 Å². The standard InChI is InChI=1S/C27H27F3N6O2/c1-18-25(36(13-11-32-18)17-35-12-3-4-19(15-35)16-37)24(31-2)20-5-7-21(8-6-20)26(38)34-23-14-22(9-10-33-23)27(28,29)30/h5-11,13-14,16,19H,2-4,12,15,17H2,1H3,(H,33,34,38)/b25-24-. The lowest BCUT2D eigenvalue weighted by molar-refractivity contribution is -0.137. The van der Waals surface area contributed by atoms with Crippen molar-refractivity contribution in [1.82, 2.24) is 14.8 Å². The molecule has 11 heteroatoms. The number of alkyl halides is 3. The predicted octanol–water partition coefficient (Wildman–Crippen LogP) is 4.84. The lowest BCUT2D eigenvalue weighted by Crippen LogP contribution is -2.43. The lowest BCUT2D eigenvalue weighted by atomic mass is 10.00. The minimum Gasteiger partial charge on any atom is -0.330 e. The van der Waals surface area contributed by atoms with Crippen LogP contribution in [0.3, 0.4) is 0 Å². The molecule has 1 saturated heterocycles. The van der Waals surface area contributed by atoms with Crippen LogP contribution >= 0.6 is 0 Å². The summed E-state index contributed by atoms with van der Waals surface area (Å²) in [6, 6.07) is 8.11. The maximum absolute atomic E-state index is 13.0. The van der Waals surface area contributed by atoms with Gasteiger partial charge in [0.05, 0.1) is 29.3 Å². The summed E-state index contributed by atoms with van der Waals surface area (Å²) >= 11 is 0. The molecular formula is C27H27F3N6O2. The molecule has 38 heavy (non-hydrogen) atoms. The summed E-state index contributed by atoms with van der Waals surface area (Å²) in [5.74, 6) is -0.782. The van der Waals surface area contributed by atoms with Crippen LogP contribution < -0.4 is 5.32 Å². The number of hydrogen-bond acceptors (Lipinski definition) is 7. The Bertz CT molecular complexity index is 1300. The highest BCUT2D eigenvalue weighted by atomic mass is 19.4. The van der Waals surface area contributed by atoms with E-state index in [2.05, 4.69) is 31.9 Å². The number of halogens is 3. The van der Waals surface area contributed by atoms with Gasteiger partial charge < -0.3 is 15.0 Å². The summed E-state index contributed by atoms with van der Waals surface area (Å²) in [4.78, 5) is 40.7. The minimum absolute atomic E-state index is 0.0153. The number of carbonyl (C=O) groups is 2. The van der Waals surface area contributed by atoms with Crippen molar-refractivity contribution in [3.05, 3.63) is 77.4 Å². The molecule has 1 N–H and O–H groups in total. The topological polar surface area (TPSA) is 90.3 Å². The molecule has 1 aromatic heterocycles. The molecule has 0 bridgehead atoms. The number of carbonyl (C=O) groups excluding carboxylic acids is 2. The van der Waals surface area contributed by atoms with Gasteiger partial charge in [0.25, 0.3) is 5.91 Å². The van der Waals surface area contributed by atoms with Crippen LogP contribution in [-0.2, 0) is 11.0 Å². The second-order valence-electron chi connectivity index (χ2n) is 9.05. The SMILES string of the molecule is C=N/C(=C1/C(C)=NC=CN1CN1CCCC(C=O)C1)c1ccc(C(=O)Nc2cc(C(F)(F)F)ccn2)cc1. The summed E-state index contributed by atoms with van der Waals surface area (Å²) in [6.45, 7) is 7.71. The molecule has 1 fully saturated rings. The number of allylic oxidation sites excluding steroid dienone is 1. The monoisotopic (exact) mass is 524 g/mol. The maximum atomic E-state index is 13.0. The molecule has 0 saturated carbocycles. The number of amides is 1. The Labute approximate surface area is 218 Å². The largest absolute Gasteiger partial charge is 0.416 e. The smallest absolute Gasteiger partial charge is 0.330 e. The first-order valence-corrected chi connectivity index (χ1v) is 12.0. The number of aldehydes is 1. The van der Waals surface area contributed by atoms with Gasteiger partial charge in [0, 0.05) is 42.2 Å². The van der Waals surface area contributed by atoms with E-state index in [9.17, 15) is 22.8 Å². The van der Waals surface area contributed by atoms with Crippen LogP contribution in [0.5, 0.6) is 0 Å².